The zero-order chi connectivity index (χ0) is 29.2. The summed E-state index contributed by atoms with van der Waals surface area (Å²) in [7, 11) is 0. The van der Waals surface area contributed by atoms with Crippen molar-refractivity contribution in [1.82, 2.24) is 19.0 Å². The van der Waals surface area contributed by atoms with Crippen molar-refractivity contribution < 1.29 is 14.9 Å². The molecule has 1 aliphatic heterocycles. The number of aliphatic hydroxyl groups is 1. The number of ether oxygens (including phenoxy) is 1. The number of aliphatic hydroxyl groups excluding tert-OH is 1. The molecule has 3 aromatic rings. The van der Waals surface area contributed by atoms with Gasteiger partial charge in [0.05, 0.1) is 31.1 Å². The Labute approximate surface area is 242 Å². The molecule has 1 aromatic carbocycles. The van der Waals surface area contributed by atoms with Gasteiger partial charge in [0.25, 0.3) is 0 Å². The van der Waals surface area contributed by atoms with Gasteiger partial charge in [0.15, 0.2) is 0 Å². The van der Waals surface area contributed by atoms with Gasteiger partial charge in [0.1, 0.15) is 11.4 Å². The van der Waals surface area contributed by atoms with Gasteiger partial charge in [-0.1, -0.05) is 24.8 Å². The van der Waals surface area contributed by atoms with Crippen molar-refractivity contribution in [2.24, 2.45) is 0 Å². The number of rotatable bonds is 14. The van der Waals surface area contributed by atoms with E-state index in [9.17, 15) is 10.2 Å². The number of benzene rings is 1. The van der Waals surface area contributed by atoms with Crippen molar-refractivity contribution in [2.75, 3.05) is 51.3 Å². The standard InChI is InChI=1S/C32H44N6O3/c1-4-29-30(9-5-14-34-27-22-24(2)10-12-26(27)8-6-19-39)38(23-28-31(40)13-11-25(3)35-28)32(33)37(29)16-7-15-36-17-20-41-21-18-36/h4-5,9-13,22,33-34,39-40H,1,6-8,14-21,23H2,2-3H3. The maximum atomic E-state index is 10.5. The predicted octanol–water partition coefficient (Wildman–Crippen LogP) is 3.95. The molecule has 9 nitrogen and oxygen atoms in total. The molecule has 0 atom stereocenters. The number of hydrogen-bond acceptors (Lipinski definition) is 7. The van der Waals surface area contributed by atoms with Crippen LogP contribution in [-0.2, 0) is 24.2 Å². The summed E-state index contributed by atoms with van der Waals surface area (Å²) < 4.78 is 9.37. The monoisotopic (exact) mass is 560 g/mol. The van der Waals surface area contributed by atoms with Crippen LogP contribution in [0.5, 0.6) is 5.75 Å². The van der Waals surface area contributed by atoms with Crippen LogP contribution in [0.1, 0.15) is 46.7 Å². The Morgan fingerprint density at radius 1 is 1.07 bits per heavy atom. The molecule has 0 unspecified atom stereocenters. The van der Waals surface area contributed by atoms with Crippen LogP contribution in [0.4, 0.5) is 5.69 Å². The number of aryl methyl sites for hydroxylation is 3. The molecule has 4 N–H and O–H groups in total. The zero-order valence-electron chi connectivity index (χ0n) is 24.4. The van der Waals surface area contributed by atoms with E-state index in [2.05, 4.69) is 53.0 Å². The van der Waals surface area contributed by atoms with Crippen LogP contribution < -0.4 is 10.9 Å². The first-order chi connectivity index (χ1) is 19.9. The van der Waals surface area contributed by atoms with E-state index in [-0.39, 0.29) is 18.9 Å². The average Bonchev–Trinajstić information content (AvgIpc) is 3.22. The summed E-state index contributed by atoms with van der Waals surface area (Å²) in [5.41, 5.74) is 6.85. The smallest absolute Gasteiger partial charge is 0.203 e. The molecular formula is C32H44N6O3. The van der Waals surface area contributed by atoms with Gasteiger partial charge >= 0.3 is 0 Å². The van der Waals surface area contributed by atoms with Crippen molar-refractivity contribution in [2.45, 2.75) is 46.2 Å². The molecule has 0 spiro atoms. The Hall–Kier alpha value is -3.66. The van der Waals surface area contributed by atoms with Crippen LogP contribution in [0.3, 0.4) is 0 Å². The molecule has 0 saturated carbocycles. The Morgan fingerprint density at radius 2 is 1.88 bits per heavy atom. The predicted molar refractivity (Wildman–Crippen MR) is 164 cm³/mol. The lowest BCUT2D eigenvalue weighted by Gasteiger charge is -2.26. The van der Waals surface area contributed by atoms with Gasteiger partial charge in [-0.15, -0.1) is 0 Å². The van der Waals surface area contributed by atoms with E-state index in [0.717, 1.165) is 74.9 Å². The number of aromatic nitrogens is 3. The quantitative estimate of drug-likeness (QED) is 0.238. The normalized spacial score (nSPS) is 14.1. The van der Waals surface area contributed by atoms with Crippen LogP contribution in [-0.4, -0.2) is 75.2 Å². The fraction of sp³-hybridized carbons (Fsp3) is 0.438. The van der Waals surface area contributed by atoms with Crippen LogP contribution in [0.15, 0.2) is 43.0 Å². The molecule has 2 aromatic heterocycles. The second-order valence-electron chi connectivity index (χ2n) is 10.5. The first-order valence-electron chi connectivity index (χ1n) is 14.5. The molecule has 9 heteroatoms. The fourth-order valence-electron chi connectivity index (χ4n) is 5.26. The average molecular weight is 561 g/mol. The van der Waals surface area contributed by atoms with Gasteiger partial charge in [-0.05, 0) is 74.6 Å². The zero-order valence-corrected chi connectivity index (χ0v) is 24.4. The highest BCUT2D eigenvalue weighted by atomic mass is 16.5. The highest BCUT2D eigenvalue weighted by molar-refractivity contribution is 5.61. The highest BCUT2D eigenvalue weighted by Crippen LogP contribution is 2.21. The van der Waals surface area contributed by atoms with Crippen LogP contribution in [0, 0.1) is 19.3 Å². The van der Waals surface area contributed by atoms with Gasteiger partial charge in [-0.3, -0.25) is 15.3 Å². The van der Waals surface area contributed by atoms with E-state index in [4.69, 9.17) is 10.1 Å². The van der Waals surface area contributed by atoms with Crippen molar-refractivity contribution in [3.05, 3.63) is 82.5 Å². The molecule has 4 rings (SSSR count). The number of imidazole rings is 1. The molecule has 220 valence electrons. The summed E-state index contributed by atoms with van der Waals surface area (Å²) in [5.74, 6) is 0.120. The minimum absolute atomic E-state index is 0.120. The molecule has 1 aliphatic rings. The van der Waals surface area contributed by atoms with E-state index in [1.807, 2.05) is 28.2 Å². The van der Waals surface area contributed by atoms with Crippen LogP contribution in [0.2, 0.25) is 0 Å². The third-order valence-corrected chi connectivity index (χ3v) is 7.46. The minimum Gasteiger partial charge on any atom is -0.506 e. The summed E-state index contributed by atoms with van der Waals surface area (Å²) in [4.78, 5) is 6.96. The number of aromatic hydroxyl groups is 1. The number of anilines is 1. The van der Waals surface area contributed by atoms with Gasteiger partial charge in [-0.25, -0.2) is 0 Å². The summed E-state index contributed by atoms with van der Waals surface area (Å²) in [6.07, 6.45) is 8.33. The second kappa shape index (κ2) is 14.8. The number of pyridine rings is 1. The molecule has 0 radical (unpaired) electrons. The number of hydrogen-bond donors (Lipinski definition) is 4. The maximum absolute atomic E-state index is 10.5. The largest absolute Gasteiger partial charge is 0.506 e. The molecule has 0 aliphatic carbocycles. The SMILES string of the molecule is C=Cc1c(C=CCNc2cc(C)ccc2CCCO)n(Cc2nc(C)ccc2O)c(=N)n1CCCN1CCOCC1. The summed E-state index contributed by atoms with van der Waals surface area (Å²) >= 11 is 0. The lowest BCUT2D eigenvalue weighted by atomic mass is 10.1. The van der Waals surface area contributed by atoms with Gasteiger partial charge in [0, 0.05) is 50.7 Å². The third-order valence-electron chi connectivity index (χ3n) is 7.46. The molecular weight excluding hydrogens is 516 g/mol. The van der Waals surface area contributed by atoms with Gasteiger partial charge in [0.2, 0.25) is 5.62 Å². The lowest BCUT2D eigenvalue weighted by molar-refractivity contribution is 0.0369. The van der Waals surface area contributed by atoms with E-state index in [1.54, 1.807) is 12.1 Å². The topological polar surface area (TPSA) is 112 Å². The Morgan fingerprint density at radius 3 is 2.63 bits per heavy atom. The molecule has 1 fully saturated rings. The molecule has 0 bridgehead atoms. The summed E-state index contributed by atoms with van der Waals surface area (Å²) in [5, 5.41) is 32.4. The van der Waals surface area contributed by atoms with Crippen molar-refractivity contribution in [3.8, 4) is 5.75 Å². The summed E-state index contributed by atoms with van der Waals surface area (Å²) in [6, 6.07) is 9.79. The summed E-state index contributed by atoms with van der Waals surface area (Å²) in [6.45, 7) is 14.2. The Kier molecular flexibility index (Phi) is 11.0. The Balaban J connectivity index is 1.59. The van der Waals surface area contributed by atoms with Crippen LogP contribution >= 0.6 is 0 Å². The second-order valence-corrected chi connectivity index (χ2v) is 10.5. The van der Waals surface area contributed by atoms with Crippen molar-refractivity contribution >= 4 is 17.8 Å². The van der Waals surface area contributed by atoms with E-state index in [1.165, 1.54) is 11.1 Å². The first-order valence-corrected chi connectivity index (χ1v) is 14.5. The Bertz CT molecular complexity index is 1400. The van der Waals surface area contributed by atoms with Crippen molar-refractivity contribution in [1.29, 1.82) is 5.41 Å². The minimum atomic E-state index is 0.120. The van der Waals surface area contributed by atoms with Crippen LogP contribution in [0.25, 0.3) is 12.2 Å². The van der Waals surface area contributed by atoms with E-state index < -0.39 is 0 Å². The lowest BCUT2D eigenvalue weighted by Crippen LogP contribution is -2.37. The fourth-order valence-corrected chi connectivity index (χ4v) is 5.26. The van der Waals surface area contributed by atoms with E-state index >= 15 is 0 Å². The van der Waals surface area contributed by atoms with Gasteiger partial charge in [-0.2, -0.15) is 0 Å². The maximum Gasteiger partial charge on any atom is 0.203 e. The molecule has 0 amide bonds. The number of morpholine rings is 1. The highest BCUT2D eigenvalue weighted by Gasteiger charge is 2.17. The molecule has 41 heavy (non-hydrogen) atoms. The first kappa shape index (κ1) is 30.3. The molecule has 3 heterocycles. The van der Waals surface area contributed by atoms with Gasteiger partial charge < -0.3 is 29.4 Å². The van der Waals surface area contributed by atoms with Crippen molar-refractivity contribution in [3.63, 3.8) is 0 Å². The number of nitrogens with zero attached hydrogens (tertiary/aromatic N) is 4. The third kappa shape index (κ3) is 7.97. The number of nitrogens with one attached hydrogen (secondary N) is 2. The molecule has 1 saturated heterocycles. The van der Waals surface area contributed by atoms with E-state index in [0.29, 0.717) is 24.4 Å².